The summed E-state index contributed by atoms with van der Waals surface area (Å²) in [4.78, 5) is 31.1. The molecule has 26 heavy (non-hydrogen) atoms. The summed E-state index contributed by atoms with van der Waals surface area (Å²) in [5.74, 6) is 1.55. The van der Waals surface area contributed by atoms with Crippen LogP contribution in [0.15, 0.2) is 24.3 Å². The summed E-state index contributed by atoms with van der Waals surface area (Å²) in [5, 5.41) is 0. The van der Waals surface area contributed by atoms with Crippen LogP contribution < -0.4 is 0 Å². The maximum absolute atomic E-state index is 13.0. The number of amides is 1. The summed E-state index contributed by atoms with van der Waals surface area (Å²) in [5.41, 5.74) is 4.12. The van der Waals surface area contributed by atoms with Crippen LogP contribution in [0, 0.1) is 20.8 Å². The minimum atomic E-state index is -0.230. The number of aromatic nitrogens is 4. The summed E-state index contributed by atoms with van der Waals surface area (Å²) in [6, 6.07) is 7.49. The molecule has 1 aliphatic rings. The molecule has 0 saturated carbocycles. The second-order valence-electron chi connectivity index (χ2n) is 6.65. The molecule has 0 unspecified atom stereocenters. The molecule has 1 atom stereocenters. The molecule has 4 rings (SSSR count). The van der Waals surface area contributed by atoms with Crippen molar-refractivity contribution in [3.8, 4) is 0 Å². The molecule has 1 saturated heterocycles. The third-order valence-corrected chi connectivity index (χ3v) is 4.52. The maximum atomic E-state index is 13.0. The summed E-state index contributed by atoms with van der Waals surface area (Å²) >= 11 is 0. The lowest BCUT2D eigenvalue weighted by Gasteiger charge is -2.33. The van der Waals surface area contributed by atoms with Crippen LogP contribution in [-0.4, -0.2) is 50.4 Å². The van der Waals surface area contributed by atoms with Gasteiger partial charge in [0.25, 0.3) is 5.91 Å². The fraction of sp³-hybridized carbons (Fsp3) is 0.368. The number of imidazole rings is 1. The highest BCUT2D eigenvalue weighted by Crippen LogP contribution is 2.23. The van der Waals surface area contributed by atoms with Gasteiger partial charge in [0, 0.05) is 17.8 Å². The largest absolute Gasteiger partial charge is 0.368 e. The predicted octanol–water partition coefficient (Wildman–Crippen LogP) is 2.49. The average Bonchev–Trinajstić information content (AvgIpc) is 2.99. The summed E-state index contributed by atoms with van der Waals surface area (Å²) < 4.78 is 5.86. The number of aryl methyl sites for hydroxylation is 3. The zero-order valence-electron chi connectivity index (χ0n) is 15.1. The van der Waals surface area contributed by atoms with Crippen molar-refractivity contribution in [2.45, 2.75) is 26.9 Å². The fourth-order valence-corrected chi connectivity index (χ4v) is 3.38. The van der Waals surface area contributed by atoms with Gasteiger partial charge in [0.2, 0.25) is 0 Å². The molecule has 0 radical (unpaired) electrons. The Hall–Kier alpha value is -2.80. The van der Waals surface area contributed by atoms with Crippen molar-refractivity contribution in [1.29, 1.82) is 0 Å². The molecule has 7 nitrogen and oxygen atoms in total. The Morgan fingerprint density at radius 1 is 1.19 bits per heavy atom. The van der Waals surface area contributed by atoms with Crippen LogP contribution in [0.1, 0.15) is 39.5 Å². The third-order valence-electron chi connectivity index (χ3n) is 4.52. The van der Waals surface area contributed by atoms with Gasteiger partial charge in [-0.2, -0.15) is 0 Å². The Labute approximate surface area is 151 Å². The number of hydrogen-bond donors (Lipinski definition) is 1. The number of carbonyl (C=O) groups is 1. The number of ether oxygens (including phenoxy) is 1. The Kier molecular flexibility index (Phi) is 4.16. The maximum Gasteiger partial charge on any atom is 0.254 e. The zero-order valence-corrected chi connectivity index (χ0v) is 15.1. The van der Waals surface area contributed by atoms with E-state index >= 15 is 0 Å². The van der Waals surface area contributed by atoms with Crippen molar-refractivity contribution >= 4 is 16.9 Å². The van der Waals surface area contributed by atoms with Crippen molar-refractivity contribution in [3.63, 3.8) is 0 Å². The number of hydrogen-bond acceptors (Lipinski definition) is 5. The number of aromatic amines is 1. The summed E-state index contributed by atoms with van der Waals surface area (Å²) in [6.45, 7) is 7.24. The molecular weight excluding hydrogens is 330 g/mol. The molecular formula is C19H21N5O2. The van der Waals surface area contributed by atoms with Gasteiger partial charge >= 0.3 is 0 Å². The van der Waals surface area contributed by atoms with E-state index in [0.717, 1.165) is 28.2 Å². The van der Waals surface area contributed by atoms with E-state index in [9.17, 15) is 4.79 Å². The van der Waals surface area contributed by atoms with E-state index in [-0.39, 0.29) is 12.0 Å². The minimum absolute atomic E-state index is 0.00467. The molecule has 2 aromatic heterocycles. The van der Waals surface area contributed by atoms with Gasteiger partial charge in [-0.3, -0.25) is 4.79 Å². The van der Waals surface area contributed by atoms with Gasteiger partial charge in [0.1, 0.15) is 17.8 Å². The number of benzene rings is 1. The Morgan fingerprint density at radius 3 is 2.85 bits per heavy atom. The quantitative estimate of drug-likeness (QED) is 0.767. The molecule has 1 aliphatic heterocycles. The van der Waals surface area contributed by atoms with Crippen LogP contribution in [0.25, 0.3) is 11.0 Å². The first-order valence-corrected chi connectivity index (χ1v) is 8.69. The Balaban J connectivity index is 1.57. The standard InChI is InChI=1S/C19H21N5O2/c1-11-8-17(23-12(2)20-11)18-10-24(6-7-26-18)19(25)14-4-5-15-16(9-14)22-13(3)21-15/h4-5,8-9,18H,6-7,10H2,1-3H3,(H,21,22)/t18-/m1/s1. The number of nitrogens with one attached hydrogen (secondary N) is 1. The predicted molar refractivity (Wildman–Crippen MR) is 96.9 cm³/mol. The lowest BCUT2D eigenvalue weighted by molar-refractivity contribution is -0.0248. The van der Waals surface area contributed by atoms with Crippen LogP contribution in [-0.2, 0) is 4.74 Å². The molecule has 3 heterocycles. The van der Waals surface area contributed by atoms with Gasteiger partial charge in [-0.1, -0.05) is 0 Å². The van der Waals surface area contributed by atoms with Crippen molar-refractivity contribution < 1.29 is 9.53 Å². The Bertz CT molecular complexity index is 961. The second kappa shape index (κ2) is 6.49. The van der Waals surface area contributed by atoms with Crippen molar-refractivity contribution in [2.24, 2.45) is 0 Å². The fourth-order valence-electron chi connectivity index (χ4n) is 3.38. The summed E-state index contributed by atoms with van der Waals surface area (Å²) in [7, 11) is 0. The van der Waals surface area contributed by atoms with E-state index in [2.05, 4.69) is 19.9 Å². The third kappa shape index (κ3) is 3.17. The number of H-pyrrole nitrogens is 1. The van der Waals surface area contributed by atoms with E-state index in [1.807, 2.05) is 49.9 Å². The molecule has 7 heteroatoms. The average molecular weight is 351 g/mol. The highest BCUT2D eigenvalue weighted by molar-refractivity contribution is 5.97. The van der Waals surface area contributed by atoms with Gasteiger partial charge in [-0.15, -0.1) is 0 Å². The van der Waals surface area contributed by atoms with Crippen LogP contribution in [0.4, 0.5) is 0 Å². The highest BCUT2D eigenvalue weighted by atomic mass is 16.5. The molecule has 0 aliphatic carbocycles. The minimum Gasteiger partial charge on any atom is -0.368 e. The summed E-state index contributed by atoms with van der Waals surface area (Å²) in [6.07, 6.45) is -0.230. The monoisotopic (exact) mass is 351 g/mol. The molecule has 0 spiro atoms. The van der Waals surface area contributed by atoms with E-state index in [4.69, 9.17) is 4.74 Å². The molecule has 1 amide bonds. The molecule has 3 aromatic rings. The van der Waals surface area contributed by atoms with Gasteiger partial charge in [-0.05, 0) is 45.0 Å². The highest BCUT2D eigenvalue weighted by Gasteiger charge is 2.27. The lowest BCUT2D eigenvalue weighted by atomic mass is 10.1. The van der Waals surface area contributed by atoms with E-state index in [0.29, 0.717) is 31.1 Å². The van der Waals surface area contributed by atoms with Crippen molar-refractivity contribution in [3.05, 3.63) is 52.9 Å². The number of rotatable bonds is 2. The second-order valence-corrected chi connectivity index (χ2v) is 6.65. The van der Waals surface area contributed by atoms with Crippen molar-refractivity contribution in [1.82, 2.24) is 24.8 Å². The lowest BCUT2D eigenvalue weighted by Crippen LogP contribution is -2.42. The molecule has 1 N–H and O–H groups in total. The zero-order chi connectivity index (χ0) is 18.3. The van der Waals surface area contributed by atoms with Gasteiger partial charge < -0.3 is 14.6 Å². The smallest absolute Gasteiger partial charge is 0.254 e. The first-order valence-electron chi connectivity index (χ1n) is 8.69. The Morgan fingerprint density at radius 2 is 2.04 bits per heavy atom. The van der Waals surface area contributed by atoms with E-state index in [1.165, 1.54) is 0 Å². The van der Waals surface area contributed by atoms with Crippen LogP contribution in [0.2, 0.25) is 0 Å². The van der Waals surface area contributed by atoms with Crippen LogP contribution >= 0.6 is 0 Å². The number of carbonyl (C=O) groups excluding carboxylic acids is 1. The first-order chi connectivity index (χ1) is 12.5. The van der Waals surface area contributed by atoms with Crippen LogP contribution in [0.5, 0.6) is 0 Å². The van der Waals surface area contributed by atoms with Gasteiger partial charge in [0.15, 0.2) is 0 Å². The number of nitrogens with zero attached hydrogens (tertiary/aromatic N) is 4. The van der Waals surface area contributed by atoms with Crippen LogP contribution in [0.3, 0.4) is 0 Å². The molecule has 1 fully saturated rings. The normalized spacial score (nSPS) is 17.7. The van der Waals surface area contributed by atoms with Gasteiger partial charge in [-0.25, -0.2) is 15.0 Å². The van der Waals surface area contributed by atoms with E-state index in [1.54, 1.807) is 0 Å². The number of fused-ring (bicyclic) bond motifs is 1. The first kappa shape index (κ1) is 16.7. The number of morpholine rings is 1. The van der Waals surface area contributed by atoms with Gasteiger partial charge in [0.05, 0.1) is 29.9 Å². The van der Waals surface area contributed by atoms with Crippen molar-refractivity contribution in [2.75, 3.05) is 19.7 Å². The molecule has 1 aromatic carbocycles. The molecule has 0 bridgehead atoms. The SMILES string of the molecule is Cc1cc([C@H]2CN(C(=O)c3ccc4nc(C)[nH]c4c3)CCO2)nc(C)n1. The topological polar surface area (TPSA) is 84.0 Å². The van der Waals surface area contributed by atoms with E-state index < -0.39 is 0 Å². The molecule has 134 valence electrons.